The molecule has 20 heavy (non-hydrogen) atoms. The lowest BCUT2D eigenvalue weighted by Gasteiger charge is -2.09. The van der Waals surface area contributed by atoms with E-state index in [4.69, 9.17) is 5.73 Å². The summed E-state index contributed by atoms with van der Waals surface area (Å²) < 4.78 is 27.4. The summed E-state index contributed by atoms with van der Waals surface area (Å²) in [6.45, 7) is 8.79. The van der Waals surface area contributed by atoms with E-state index in [0.717, 1.165) is 11.1 Å². The van der Waals surface area contributed by atoms with E-state index in [-0.39, 0.29) is 22.6 Å². The van der Waals surface area contributed by atoms with Gasteiger partial charge in [-0.15, -0.1) is 0 Å². The molecule has 1 aliphatic rings. The SMILES string of the molecule is CC1(C)C(NS(=O)(=O)Cc2cccc(CN)c2)C1(C)C. The molecule has 0 bridgehead atoms. The molecule has 5 heteroatoms. The van der Waals surface area contributed by atoms with E-state index >= 15 is 0 Å². The summed E-state index contributed by atoms with van der Waals surface area (Å²) in [6, 6.07) is 7.41. The highest BCUT2D eigenvalue weighted by Gasteiger charge is 2.65. The Hall–Kier alpha value is -0.910. The molecule has 0 amide bonds. The first-order chi connectivity index (χ1) is 9.10. The van der Waals surface area contributed by atoms with Crippen LogP contribution >= 0.6 is 0 Å². The minimum atomic E-state index is -3.33. The number of sulfonamides is 1. The Labute approximate surface area is 121 Å². The predicted octanol–water partition coefficient (Wildman–Crippen LogP) is 2.00. The van der Waals surface area contributed by atoms with Crippen LogP contribution in [0.5, 0.6) is 0 Å². The first-order valence-corrected chi connectivity index (χ1v) is 8.53. The van der Waals surface area contributed by atoms with Crippen molar-refractivity contribution in [3.8, 4) is 0 Å². The van der Waals surface area contributed by atoms with E-state index < -0.39 is 10.0 Å². The molecule has 4 nitrogen and oxygen atoms in total. The third-order valence-electron chi connectivity index (χ3n) is 4.90. The van der Waals surface area contributed by atoms with Crippen LogP contribution in [0.2, 0.25) is 0 Å². The highest BCUT2D eigenvalue weighted by atomic mass is 32.2. The van der Waals surface area contributed by atoms with Crippen LogP contribution in [0.1, 0.15) is 38.8 Å². The van der Waals surface area contributed by atoms with Crippen LogP contribution < -0.4 is 10.5 Å². The lowest BCUT2D eigenvalue weighted by atomic mass is 10.0. The van der Waals surface area contributed by atoms with Crippen molar-refractivity contribution < 1.29 is 8.42 Å². The number of rotatable bonds is 5. The summed E-state index contributed by atoms with van der Waals surface area (Å²) in [7, 11) is -3.33. The Kier molecular flexibility index (Phi) is 3.73. The van der Waals surface area contributed by atoms with Gasteiger partial charge in [0.15, 0.2) is 0 Å². The average Bonchev–Trinajstić information content (AvgIpc) is 2.71. The van der Waals surface area contributed by atoms with Gasteiger partial charge in [-0.25, -0.2) is 13.1 Å². The molecule has 3 N–H and O–H groups in total. The first kappa shape index (κ1) is 15.5. The van der Waals surface area contributed by atoms with Crippen LogP contribution in [-0.2, 0) is 22.3 Å². The highest BCUT2D eigenvalue weighted by Crippen LogP contribution is 2.62. The maximum atomic E-state index is 12.3. The fourth-order valence-corrected chi connectivity index (χ4v) is 4.43. The molecule has 0 saturated heterocycles. The molecule has 2 rings (SSSR count). The van der Waals surface area contributed by atoms with Gasteiger partial charge in [-0.05, 0) is 22.0 Å². The summed E-state index contributed by atoms with van der Waals surface area (Å²) in [4.78, 5) is 0. The largest absolute Gasteiger partial charge is 0.326 e. The second-order valence-corrected chi connectivity index (χ2v) is 8.53. The van der Waals surface area contributed by atoms with Gasteiger partial charge in [-0.1, -0.05) is 52.0 Å². The van der Waals surface area contributed by atoms with Crippen molar-refractivity contribution in [3.63, 3.8) is 0 Å². The van der Waals surface area contributed by atoms with Gasteiger partial charge in [0.1, 0.15) is 0 Å². The predicted molar refractivity (Wildman–Crippen MR) is 81.4 cm³/mol. The molecule has 0 heterocycles. The van der Waals surface area contributed by atoms with Crippen molar-refractivity contribution in [3.05, 3.63) is 35.4 Å². The number of nitrogens with one attached hydrogen (secondary N) is 1. The van der Waals surface area contributed by atoms with Crippen molar-refractivity contribution in [1.29, 1.82) is 0 Å². The van der Waals surface area contributed by atoms with Crippen molar-refractivity contribution >= 4 is 10.0 Å². The quantitative estimate of drug-likeness (QED) is 0.873. The van der Waals surface area contributed by atoms with Crippen LogP contribution in [0, 0.1) is 10.8 Å². The van der Waals surface area contributed by atoms with E-state index in [9.17, 15) is 8.42 Å². The lowest BCUT2D eigenvalue weighted by molar-refractivity contribution is 0.457. The zero-order valence-corrected chi connectivity index (χ0v) is 13.4. The fourth-order valence-electron chi connectivity index (χ4n) is 2.78. The van der Waals surface area contributed by atoms with Gasteiger partial charge in [0.05, 0.1) is 5.75 Å². The minimum Gasteiger partial charge on any atom is -0.326 e. The number of hydrogen-bond donors (Lipinski definition) is 2. The molecular formula is C15H24N2O2S. The fraction of sp³-hybridized carbons (Fsp3) is 0.600. The average molecular weight is 296 g/mol. The Morgan fingerprint density at radius 1 is 1.15 bits per heavy atom. The van der Waals surface area contributed by atoms with Crippen LogP contribution in [0.15, 0.2) is 24.3 Å². The molecular weight excluding hydrogens is 272 g/mol. The molecule has 0 unspecified atom stereocenters. The molecule has 1 aromatic rings. The van der Waals surface area contributed by atoms with Gasteiger partial charge in [-0.2, -0.15) is 0 Å². The van der Waals surface area contributed by atoms with Gasteiger partial charge in [0.25, 0.3) is 0 Å². The smallest absolute Gasteiger partial charge is 0.216 e. The van der Waals surface area contributed by atoms with E-state index in [1.807, 2.05) is 24.3 Å². The van der Waals surface area contributed by atoms with Crippen LogP contribution in [-0.4, -0.2) is 14.5 Å². The molecule has 1 saturated carbocycles. The van der Waals surface area contributed by atoms with Gasteiger partial charge >= 0.3 is 0 Å². The van der Waals surface area contributed by atoms with Gasteiger partial charge < -0.3 is 5.73 Å². The zero-order chi connectivity index (χ0) is 15.2. The Bertz CT molecular complexity index is 592. The van der Waals surface area contributed by atoms with E-state index in [1.54, 1.807) is 0 Å². The third kappa shape index (κ3) is 2.75. The van der Waals surface area contributed by atoms with Crippen molar-refractivity contribution in [2.75, 3.05) is 0 Å². The molecule has 0 atom stereocenters. The van der Waals surface area contributed by atoms with Crippen LogP contribution in [0.3, 0.4) is 0 Å². The summed E-state index contributed by atoms with van der Waals surface area (Å²) in [5, 5.41) is 0. The number of benzene rings is 1. The summed E-state index contributed by atoms with van der Waals surface area (Å²) in [5.41, 5.74) is 7.30. The Morgan fingerprint density at radius 2 is 1.70 bits per heavy atom. The molecule has 0 aliphatic heterocycles. The molecule has 0 spiro atoms. The molecule has 112 valence electrons. The van der Waals surface area contributed by atoms with Crippen molar-refractivity contribution in [1.82, 2.24) is 4.72 Å². The topological polar surface area (TPSA) is 72.2 Å². The molecule has 1 fully saturated rings. The summed E-state index contributed by atoms with van der Waals surface area (Å²) in [6.07, 6.45) is 0. The molecule has 1 aliphatic carbocycles. The van der Waals surface area contributed by atoms with E-state index in [1.165, 1.54) is 0 Å². The van der Waals surface area contributed by atoms with E-state index in [2.05, 4.69) is 32.4 Å². The summed E-state index contributed by atoms with van der Waals surface area (Å²) in [5.74, 6) is 0.00347. The van der Waals surface area contributed by atoms with Crippen molar-refractivity contribution in [2.24, 2.45) is 16.6 Å². The highest BCUT2D eigenvalue weighted by molar-refractivity contribution is 7.88. The van der Waals surface area contributed by atoms with Crippen LogP contribution in [0.25, 0.3) is 0 Å². The van der Waals surface area contributed by atoms with Crippen molar-refractivity contribution in [2.45, 2.75) is 46.0 Å². The van der Waals surface area contributed by atoms with Gasteiger partial charge in [0.2, 0.25) is 10.0 Å². The zero-order valence-electron chi connectivity index (χ0n) is 12.6. The molecule has 0 radical (unpaired) electrons. The lowest BCUT2D eigenvalue weighted by Crippen LogP contribution is -2.31. The molecule has 1 aromatic carbocycles. The Morgan fingerprint density at radius 3 is 2.20 bits per heavy atom. The maximum absolute atomic E-state index is 12.3. The number of hydrogen-bond acceptors (Lipinski definition) is 3. The maximum Gasteiger partial charge on any atom is 0.216 e. The van der Waals surface area contributed by atoms with E-state index in [0.29, 0.717) is 6.54 Å². The normalized spacial score (nSPS) is 20.9. The third-order valence-corrected chi connectivity index (χ3v) is 6.21. The number of nitrogens with two attached hydrogens (primary N) is 1. The first-order valence-electron chi connectivity index (χ1n) is 6.88. The standard InChI is InChI=1S/C15H24N2O2S/c1-14(2)13(15(14,3)4)17-20(18,19)10-12-7-5-6-11(8-12)9-16/h5-8,13,17H,9-10,16H2,1-4H3. The monoisotopic (exact) mass is 296 g/mol. The van der Waals surface area contributed by atoms with Gasteiger partial charge in [-0.3, -0.25) is 0 Å². The Balaban J connectivity index is 2.09. The summed E-state index contributed by atoms with van der Waals surface area (Å²) >= 11 is 0. The van der Waals surface area contributed by atoms with Crippen LogP contribution in [0.4, 0.5) is 0 Å². The second-order valence-electron chi connectivity index (χ2n) is 6.78. The second kappa shape index (κ2) is 4.83. The minimum absolute atomic E-state index is 0.000817. The van der Waals surface area contributed by atoms with Gasteiger partial charge in [0, 0.05) is 12.6 Å². The molecule has 0 aromatic heterocycles.